The molecule has 2 heterocycles. The Hall–Kier alpha value is -2.35. The highest BCUT2D eigenvalue weighted by atomic mass is 32.2. The van der Waals surface area contributed by atoms with Gasteiger partial charge in [-0.25, -0.2) is 9.97 Å². The molecule has 8 heteroatoms. The monoisotopic (exact) mass is 277 g/mol. The van der Waals surface area contributed by atoms with E-state index in [9.17, 15) is 9.59 Å². The maximum atomic E-state index is 11.3. The van der Waals surface area contributed by atoms with E-state index in [1.807, 2.05) is 0 Å². The van der Waals surface area contributed by atoms with Crippen LogP contribution in [-0.2, 0) is 0 Å². The number of aromatic amines is 1. The first kappa shape index (κ1) is 13.1. The lowest BCUT2D eigenvalue weighted by Crippen LogP contribution is -2.14. The zero-order valence-corrected chi connectivity index (χ0v) is 10.8. The van der Waals surface area contributed by atoms with Gasteiger partial charge in [0.1, 0.15) is 5.03 Å². The third kappa shape index (κ3) is 3.10. The van der Waals surface area contributed by atoms with Gasteiger partial charge >= 0.3 is 0 Å². The van der Waals surface area contributed by atoms with E-state index in [2.05, 4.69) is 15.0 Å². The van der Waals surface area contributed by atoms with Crippen molar-refractivity contribution in [1.82, 2.24) is 15.0 Å². The van der Waals surface area contributed by atoms with E-state index in [-0.39, 0.29) is 11.1 Å². The third-order valence-corrected chi connectivity index (χ3v) is 3.08. The second-order valence-electron chi connectivity index (χ2n) is 3.78. The van der Waals surface area contributed by atoms with Crippen LogP contribution in [0, 0.1) is 6.92 Å². The first-order chi connectivity index (χ1) is 8.95. The number of amides is 1. The molecular weight excluding hydrogens is 266 g/mol. The zero-order valence-electron chi connectivity index (χ0n) is 10.0. The minimum absolute atomic E-state index is 0.189. The molecular formula is C11H11N5O2S. The summed E-state index contributed by atoms with van der Waals surface area (Å²) in [6, 6.07) is 2.81. The Bertz CT molecular complexity index is 698. The summed E-state index contributed by atoms with van der Waals surface area (Å²) < 4.78 is 0. The molecule has 0 radical (unpaired) electrons. The van der Waals surface area contributed by atoms with Crippen LogP contribution in [0.3, 0.4) is 0 Å². The highest BCUT2D eigenvalue weighted by Gasteiger charge is 2.13. The van der Waals surface area contributed by atoms with E-state index >= 15 is 0 Å². The normalized spacial score (nSPS) is 10.4. The number of nitrogen functional groups attached to an aromatic ring is 1. The Morgan fingerprint density at radius 3 is 2.79 bits per heavy atom. The average molecular weight is 277 g/mol. The summed E-state index contributed by atoms with van der Waals surface area (Å²) >= 11 is 1.05. The molecule has 0 atom stereocenters. The lowest BCUT2D eigenvalue weighted by molar-refractivity contribution is 0.0997. The molecule has 19 heavy (non-hydrogen) atoms. The van der Waals surface area contributed by atoms with Gasteiger partial charge in [-0.3, -0.25) is 9.59 Å². The van der Waals surface area contributed by atoms with Gasteiger partial charge in [0, 0.05) is 11.8 Å². The van der Waals surface area contributed by atoms with Gasteiger partial charge in [-0.1, -0.05) is 0 Å². The molecule has 2 aromatic rings. The van der Waals surface area contributed by atoms with Crippen LogP contribution in [0.1, 0.15) is 16.1 Å². The molecule has 0 aromatic carbocycles. The molecule has 2 aromatic heterocycles. The number of carbonyl (C=O) groups excluding carboxylic acids is 1. The Labute approximate surface area is 112 Å². The van der Waals surface area contributed by atoms with Gasteiger partial charge < -0.3 is 16.5 Å². The molecule has 98 valence electrons. The van der Waals surface area contributed by atoms with Crippen molar-refractivity contribution in [2.45, 2.75) is 17.1 Å². The highest BCUT2D eigenvalue weighted by Crippen LogP contribution is 2.26. The Kier molecular flexibility index (Phi) is 3.52. The summed E-state index contributed by atoms with van der Waals surface area (Å²) in [5.41, 5.74) is 11.6. The van der Waals surface area contributed by atoms with Crippen LogP contribution in [0.4, 0.5) is 5.69 Å². The summed E-state index contributed by atoms with van der Waals surface area (Å²) in [4.78, 5) is 33.4. The highest BCUT2D eigenvalue weighted by molar-refractivity contribution is 7.99. The van der Waals surface area contributed by atoms with Gasteiger partial charge in [0.25, 0.3) is 11.5 Å². The van der Waals surface area contributed by atoms with Crippen molar-refractivity contribution in [3.05, 3.63) is 39.9 Å². The predicted octanol–water partition coefficient (Wildman–Crippen LogP) is 0.306. The van der Waals surface area contributed by atoms with Crippen molar-refractivity contribution in [1.29, 1.82) is 0 Å². The van der Waals surface area contributed by atoms with Crippen molar-refractivity contribution >= 4 is 23.4 Å². The number of aryl methyl sites for hydroxylation is 1. The summed E-state index contributed by atoms with van der Waals surface area (Å²) in [5.74, 6) is -0.641. The van der Waals surface area contributed by atoms with E-state index in [0.717, 1.165) is 11.8 Å². The molecule has 0 saturated heterocycles. The first-order valence-electron chi connectivity index (χ1n) is 5.27. The van der Waals surface area contributed by atoms with E-state index in [4.69, 9.17) is 11.5 Å². The van der Waals surface area contributed by atoms with Crippen molar-refractivity contribution < 1.29 is 4.79 Å². The second-order valence-corrected chi connectivity index (χ2v) is 4.76. The molecule has 1 amide bonds. The van der Waals surface area contributed by atoms with Gasteiger partial charge in [0.05, 0.1) is 17.4 Å². The van der Waals surface area contributed by atoms with E-state index in [1.54, 1.807) is 6.92 Å². The van der Waals surface area contributed by atoms with Gasteiger partial charge in [-0.05, 0) is 24.8 Å². The number of nitrogens with one attached hydrogen (secondary N) is 1. The molecule has 0 aliphatic heterocycles. The molecule has 0 unspecified atom stereocenters. The number of carbonyl (C=O) groups is 1. The summed E-state index contributed by atoms with van der Waals surface area (Å²) in [6.07, 6.45) is 1.41. The molecule has 0 aliphatic rings. The summed E-state index contributed by atoms with van der Waals surface area (Å²) in [7, 11) is 0. The maximum absolute atomic E-state index is 11.3. The number of hydrogen-bond donors (Lipinski definition) is 3. The fraction of sp³-hybridized carbons (Fsp3) is 0.0909. The molecule has 7 nitrogen and oxygen atoms in total. The largest absolute Gasteiger partial charge is 0.397 e. The molecule has 5 N–H and O–H groups in total. The smallest absolute Gasteiger partial charge is 0.251 e. The molecule has 0 spiro atoms. The lowest BCUT2D eigenvalue weighted by atomic mass is 10.2. The van der Waals surface area contributed by atoms with Crippen LogP contribution in [0.5, 0.6) is 0 Å². The van der Waals surface area contributed by atoms with Crippen LogP contribution in [0.15, 0.2) is 33.3 Å². The minimum atomic E-state index is -0.641. The topological polar surface area (TPSA) is 128 Å². The van der Waals surface area contributed by atoms with Crippen LogP contribution < -0.4 is 17.0 Å². The number of primary amides is 1. The zero-order chi connectivity index (χ0) is 14.0. The number of aromatic nitrogens is 3. The average Bonchev–Trinajstić information content (AvgIpc) is 2.30. The second kappa shape index (κ2) is 5.11. The van der Waals surface area contributed by atoms with Crippen LogP contribution >= 0.6 is 11.8 Å². The number of pyridine rings is 1. The quantitative estimate of drug-likeness (QED) is 0.692. The number of H-pyrrole nitrogens is 1. The van der Waals surface area contributed by atoms with Gasteiger partial charge in [0.15, 0.2) is 5.16 Å². The minimum Gasteiger partial charge on any atom is -0.397 e. The number of nitrogens with two attached hydrogens (primary N) is 2. The molecule has 0 saturated carbocycles. The van der Waals surface area contributed by atoms with Crippen molar-refractivity contribution in [3.63, 3.8) is 0 Å². The van der Waals surface area contributed by atoms with E-state index in [1.165, 1.54) is 18.3 Å². The van der Waals surface area contributed by atoms with Gasteiger partial charge in [0.2, 0.25) is 0 Å². The Morgan fingerprint density at radius 2 is 2.16 bits per heavy atom. The number of rotatable bonds is 3. The van der Waals surface area contributed by atoms with Crippen LogP contribution in [0.25, 0.3) is 0 Å². The van der Waals surface area contributed by atoms with Crippen molar-refractivity contribution in [2.75, 3.05) is 5.73 Å². The van der Waals surface area contributed by atoms with Gasteiger partial charge in [-0.15, -0.1) is 0 Å². The van der Waals surface area contributed by atoms with E-state index < -0.39 is 5.91 Å². The number of nitrogens with zero attached hydrogens (tertiary/aromatic N) is 2. The van der Waals surface area contributed by atoms with E-state index in [0.29, 0.717) is 21.6 Å². The summed E-state index contributed by atoms with van der Waals surface area (Å²) in [6.45, 7) is 1.70. The molecule has 2 rings (SSSR count). The lowest BCUT2D eigenvalue weighted by Gasteiger charge is -2.05. The van der Waals surface area contributed by atoms with Crippen LogP contribution in [-0.4, -0.2) is 20.9 Å². The Morgan fingerprint density at radius 1 is 1.42 bits per heavy atom. The molecule has 0 bridgehead atoms. The van der Waals surface area contributed by atoms with Crippen molar-refractivity contribution in [2.24, 2.45) is 5.73 Å². The van der Waals surface area contributed by atoms with Crippen molar-refractivity contribution in [3.8, 4) is 0 Å². The third-order valence-electron chi connectivity index (χ3n) is 2.18. The van der Waals surface area contributed by atoms with Crippen LogP contribution in [0.2, 0.25) is 0 Å². The Balaban J connectivity index is 2.43. The molecule has 0 fully saturated rings. The fourth-order valence-corrected chi connectivity index (χ4v) is 2.32. The molecule has 0 aliphatic carbocycles. The summed E-state index contributed by atoms with van der Waals surface area (Å²) in [5, 5.41) is 0.681. The first-order valence-corrected chi connectivity index (χ1v) is 6.08. The number of anilines is 1. The standard InChI is InChI=1S/C11H11N5O2S/c1-5-2-8(17)16-11(15-5)19-10-7(9(13)18)3-6(12)4-14-10/h2-4H,12H2,1H3,(H2,13,18)(H,15,16,17). The van der Waals surface area contributed by atoms with Gasteiger partial charge in [-0.2, -0.15) is 0 Å². The number of hydrogen-bond acceptors (Lipinski definition) is 6. The SMILES string of the molecule is Cc1cc(=O)[nH]c(Sc2ncc(N)cc2C(N)=O)n1. The fourth-order valence-electron chi connectivity index (χ4n) is 1.42. The maximum Gasteiger partial charge on any atom is 0.251 e. The predicted molar refractivity (Wildman–Crippen MR) is 70.9 cm³/mol.